The standard InChI is InChI=1S/C8H12B2N2S/c1-13-8(2-3-8)5-4-6(9)12-7(10)11-5/h4H,2-3,9-10H2,1H3. The topological polar surface area (TPSA) is 25.8 Å². The molecule has 0 unspecified atom stereocenters. The van der Waals surface area contributed by atoms with E-state index in [1.807, 2.05) is 27.5 Å². The van der Waals surface area contributed by atoms with Crippen molar-refractivity contribution in [2.45, 2.75) is 17.6 Å². The van der Waals surface area contributed by atoms with E-state index in [4.69, 9.17) is 0 Å². The molecule has 5 heteroatoms. The molecule has 1 aromatic heterocycles. The fourth-order valence-electron chi connectivity index (χ4n) is 1.63. The maximum absolute atomic E-state index is 4.51. The third-order valence-electron chi connectivity index (χ3n) is 2.53. The van der Waals surface area contributed by atoms with E-state index in [1.165, 1.54) is 18.5 Å². The summed E-state index contributed by atoms with van der Waals surface area (Å²) < 4.78 is 0.332. The number of aromatic nitrogens is 2. The summed E-state index contributed by atoms with van der Waals surface area (Å²) in [6.45, 7) is 0. The van der Waals surface area contributed by atoms with E-state index in [0.29, 0.717) is 4.75 Å². The summed E-state index contributed by atoms with van der Waals surface area (Å²) in [5.41, 5.74) is 3.21. The Morgan fingerprint density at radius 1 is 1.38 bits per heavy atom. The largest absolute Gasteiger partial charge is 0.260 e. The number of hydrogen-bond donors (Lipinski definition) is 0. The van der Waals surface area contributed by atoms with Crippen LogP contribution in [-0.4, -0.2) is 31.9 Å². The Balaban J connectivity index is 2.40. The molecule has 1 saturated carbocycles. The van der Waals surface area contributed by atoms with E-state index < -0.39 is 0 Å². The highest BCUT2D eigenvalue weighted by molar-refractivity contribution is 7.99. The molecule has 0 aliphatic heterocycles. The quantitative estimate of drug-likeness (QED) is 0.522. The summed E-state index contributed by atoms with van der Waals surface area (Å²) >= 11 is 1.92. The van der Waals surface area contributed by atoms with E-state index >= 15 is 0 Å². The molecule has 13 heavy (non-hydrogen) atoms. The molecule has 2 nitrogen and oxygen atoms in total. The first-order chi connectivity index (χ1) is 6.16. The van der Waals surface area contributed by atoms with Crippen molar-refractivity contribution in [1.82, 2.24) is 9.97 Å². The Morgan fingerprint density at radius 2 is 2.08 bits per heavy atom. The number of thioether (sulfide) groups is 1. The van der Waals surface area contributed by atoms with Crippen LogP contribution in [0, 0.1) is 0 Å². The lowest BCUT2D eigenvalue weighted by Crippen LogP contribution is -2.27. The highest BCUT2D eigenvalue weighted by Gasteiger charge is 2.45. The fourth-order valence-corrected chi connectivity index (χ4v) is 2.45. The monoisotopic (exact) mass is 190 g/mol. The third-order valence-corrected chi connectivity index (χ3v) is 3.93. The second-order valence-electron chi connectivity index (χ2n) is 3.64. The lowest BCUT2D eigenvalue weighted by molar-refractivity contribution is 0.955. The van der Waals surface area contributed by atoms with Gasteiger partial charge in [0.1, 0.15) is 0 Å². The molecule has 1 fully saturated rings. The van der Waals surface area contributed by atoms with Crippen LogP contribution in [0.4, 0.5) is 0 Å². The molecular weight excluding hydrogens is 178 g/mol. The average molecular weight is 190 g/mol. The molecule has 1 aliphatic rings. The smallest absolute Gasteiger partial charge is 0.189 e. The van der Waals surface area contributed by atoms with Crippen LogP contribution in [0.25, 0.3) is 0 Å². The zero-order valence-corrected chi connectivity index (χ0v) is 9.11. The minimum absolute atomic E-state index is 0.332. The maximum atomic E-state index is 4.51. The number of hydrogen-bond acceptors (Lipinski definition) is 3. The first-order valence-corrected chi connectivity index (χ1v) is 5.77. The predicted molar refractivity (Wildman–Crippen MR) is 62.8 cm³/mol. The van der Waals surface area contributed by atoms with Gasteiger partial charge in [0.2, 0.25) is 0 Å². The van der Waals surface area contributed by atoms with Gasteiger partial charge in [-0.1, -0.05) is 0 Å². The molecular formula is C8H12B2N2S. The van der Waals surface area contributed by atoms with Gasteiger partial charge in [-0.2, -0.15) is 11.8 Å². The summed E-state index contributed by atoms with van der Waals surface area (Å²) in [6.07, 6.45) is 4.70. The molecule has 0 bridgehead atoms. The zero-order valence-electron chi connectivity index (χ0n) is 8.29. The van der Waals surface area contributed by atoms with E-state index in [1.54, 1.807) is 0 Å². The van der Waals surface area contributed by atoms with Crippen LogP contribution in [0.1, 0.15) is 18.5 Å². The van der Waals surface area contributed by atoms with E-state index in [9.17, 15) is 0 Å². The highest BCUT2D eigenvalue weighted by Crippen LogP contribution is 2.54. The Hall–Kier alpha value is -0.440. The van der Waals surface area contributed by atoms with E-state index in [2.05, 4.69) is 22.3 Å². The van der Waals surface area contributed by atoms with Gasteiger partial charge in [0.05, 0.1) is 16.2 Å². The van der Waals surface area contributed by atoms with Gasteiger partial charge in [0.15, 0.2) is 15.7 Å². The van der Waals surface area contributed by atoms with Gasteiger partial charge in [-0.15, -0.1) is 0 Å². The molecule has 1 aromatic rings. The molecule has 0 saturated heterocycles. The molecule has 2 rings (SSSR count). The lowest BCUT2D eigenvalue weighted by Gasteiger charge is -2.12. The zero-order chi connectivity index (χ0) is 9.47. The lowest BCUT2D eigenvalue weighted by atomic mass is 10.00. The van der Waals surface area contributed by atoms with Crippen LogP contribution in [0.3, 0.4) is 0 Å². The Labute approximate surface area is 84.8 Å². The Bertz CT molecular complexity index is 319. The molecule has 1 heterocycles. The minimum Gasteiger partial charge on any atom is -0.260 e. The van der Waals surface area contributed by atoms with Crippen LogP contribution in [0.2, 0.25) is 0 Å². The second kappa shape index (κ2) is 3.05. The van der Waals surface area contributed by atoms with Crippen molar-refractivity contribution in [3.63, 3.8) is 0 Å². The minimum atomic E-state index is 0.332. The average Bonchev–Trinajstić information content (AvgIpc) is 2.82. The molecule has 0 aromatic carbocycles. The fraction of sp³-hybridized carbons (Fsp3) is 0.500. The van der Waals surface area contributed by atoms with Gasteiger partial charge in [0.25, 0.3) is 0 Å². The molecule has 0 radical (unpaired) electrons. The van der Waals surface area contributed by atoms with Crippen molar-refractivity contribution < 1.29 is 0 Å². The third kappa shape index (κ3) is 1.62. The second-order valence-corrected chi connectivity index (χ2v) is 4.83. The maximum Gasteiger partial charge on any atom is 0.189 e. The van der Waals surface area contributed by atoms with Crippen LogP contribution in [0.5, 0.6) is 0 Å². The first kappa shape index (κ1) is 9.13. The van der Waals surface area contributed by atoms with Crippen molar-refractivity contribution in [2.24, 2.45) is 0 Å². The van der Waals surface area contributed by atoms with Crippen LogP contribution in [0.15, 0.2) is 6.07 Å². The summed E-state index contributed by atoms with van der Waals surface area (Å²) in [5, 5.41) is 0. The summed E-state index contributed by atoms with van der Waals surface area (Å²) in [7, 11) is 4.00. The summed E-state index contributed by atoms with van der Waals surface area (Å²) in [6, 6.07) is 2.12. The van der Waals surface area contributed by atoms with Gasteiger partial charge in [-0.25, -0.2) is 4.98 Å². The van der Waals surface area contributed by atoms with E-state index in [-0.39, 0.29) is 0 Å². The van der Waals surface area contributed by atoms with Gasteiger partial charge < -0.3 is 0 Å². The summed E-state index contributed by atoms with van der Waals surface area (Å²) in [5.74, 6) is 0. The van der Waals surface area contributed by atoms with Crippen molar-refractivity contribution >= 4 is 38.8 Å². The van der Waals surface area contributed by atoms with Crippen molar-refractivity contribution in [2.75, 3.05) is 6.26 Å². The van der Waals surface area contributed by atoms with Gasteiger partial charge >= 0.3 is 0 Å². The number of rotatable bonds is 2. The van der Waals surface area contributed by atoms with E-state index in [0.717, 1.165) is 11.3 Å². The van der Waals surface area contributed by atoms with Crippen molar-refractivity contribution in [1.29, 1.82) is 0 Å². The molecule has 0 atom stereocenters. The highest BCUT2D eigenvalue weighted by atomic mass is 32.2. The SMILES string of the molecule is Bc1cc(C2(SC)CC2)nc(B)n1. The molecule has 0 N–H and O–H groups in total. The normalized spacial score (nSPS) is 18.5. The van der Waals surface area contributed by atoms with Crippen molar-refractivity contribution in [3.05, 3.63) is 11.8 Å². The van der Waals surface area contributed by atoms with Crippen LogP contribution in [-0.2, 0) is 4.75 Å². The number of nitrogens with zero attached hydrogens (tertiary/aromatic N) is 2. The molecule has 1 aliphatic carbocycles. The molecule has 66 valence electrons. The Kier molecular flexibility index (Phi) is 2.14. The Morgan fingerprint density at radius 3 is 2.54 bits per heavy atom. The molecule has 0 spiro atoms. The van der Waals surface area contributed by atoms with Crippen LogP contribution >= 0.6 is 11.8 Å². The van der Waals surface area contributed by atoms with Crippen LogP contribution < -0.4 is 11.3 Å². The van der Waals surface area contributed by atoms with Crippen molar-refractivity contribution in [3.8, 4) is 0 Å². The summed E-state index contributed by atoms with van der Waals surface area (Å²) in [4.78, 5) is 8.80. The van der Waals surface area contributed by atoms with Gasteiger partial charge in [-0.3, -0.25) is 4.98 Å². The van der Waals surface area contributed by atoms with Gasteiger partial charge in [0, 0.05) is 0 Å². The first-order valence-electron chi connectivity index (χ1n) is 4.54. The molecule has 0 amide bonds. The predicted octanol–water partition coefficient (Wildman–Crippen LogP) is -1.65. The van der Waals surface area contributed by atoms with Gasteiger partial charge in [-0.05, 0) is 30.8 Å².